The molecule has 1 aromatic rings. The summed E-state index contributed by atoms with van der Waals surface area (Å²) in [6.07, 6.45) is -0.0164. The molecule has 0 amide bonds. The van der Waals surface area contributed by atoms with E-state index in [2.05, 4.69) is 15.5 Å². The van der Waals surface area contributed by atoms with Gasteiger partial charge in [0.15, 0.2) is 0 Å². The molecule has 0 fully saturated rings. The number of rotatable bonds is 12. The van der Waals surface area contributed by atoms with Gasteiger partial charge >= 0.3 is 0 Å². The van der Waals surface area contributed by atoms with E-state index in [9.17, 15) is 8.78 Å². The number of ether oxygens (including phenoxy) is 2. The zero-order chi connectivity index (χ0) is 14.6. The topological polar surface area (TPSA) is 56.3 Å². The van der Waals surface area contributed by atoms with Crippen LogP contribution in [-0.2, 0) is 22.3 Å². The van der Waals surface area contributed by atoms with Crippen LogP contribution in [0.2, 0.25) is 0 Å². The summed E-state index contributed by atoms with van der Waals surface area (Å²) in [6, 6.07) is 0. The van der Waals surface area contributed by atoms with Crippen LogP contribution in [0.1, 0.15) is 16.4 Å². The molecule has 0 saturated carbocycles. The lowest BCUT2D eigenvalue weighted by Gasteiger charge is -2.01. The molecule has 1 N–H and O–H groups in total. The van der Waals surface area contributed by atoms with Crippen LogP contribution in [0.3, 0.4) is 0 Å². The molecule has 5 nitrogen and oxygen atoms in total. The molecule has 0 aromatic carbocycles. The molecular weight excluding hydrogens is 288 g/mol. The lowest BCUT2D eigenvalue weighted by atomic mass is 10.3. The second-order valence-corrected chi connectivity index (χ2v) is 5.30. The van der Waals surface area contributed by atoms with Crippen molar-refractivity contribution in [2.45, 2.75) is 25.7 Å². The van der Waals surface area contributed by atoms with Crippen LogP contribution < -0.4 is 5.32 Å². The second-order valence-electron chi connectivity index (χ2n) is 4.15. The van der Waals surface area contributed by atoms with Gasteiger partial charge in [-0.05, 0) is 13.0 Å². The molecular formula is C12H21F2N3O2S. The summed E-state index contributed by atoms with van der Waals surface area (Å²) in [5.74, 6) is 0. The molecule has 0 bridgehead atoms. The van der Waals surface area contributed by atoms with E-state index in [1.807, 2.05) is 0 Å². The van der Waals surface area contributed by atoms with Crippen molar-refractivity contribution in [2.24, 2.45) is 0 Å². The number of alkyl halides is 2. The van der Waals surface area contributed by atoms with Gasteiger partial charge in [0.2, 0.25) is 0 Å². The van der Waals surface area contributed by atoms with Gasteiger partial charge in [-0.25, -0.2) is 8.78 Å². The summed E-state index contributed by atoms with van der Waals surface area (Å²) in [5, 5.41) is 13.2. The van der Waals surface area contributed by atoms with Crippen LogP contribution in [0.15, 0.2) is 0 Å². The Kier molecular flexibility index (Phi) is 9.56. The number of methoxy groups -OCH3 is 1. The van der Waals surface area contributed by atoms with Gasteiger partial charge in [0.05, 0.1) is 13.2 Å². The third-order valence-corrected chi connectivity index (χ3v) is 3.48. The van der Waals surface area contributed by atoms with Crippen molar-refractivity contribution in [3.05, 3.63) is 10.0 Å². The molecule has 0 radical (unpaired) electrons. The van der Waals surface area contributed by atoms with Crippen molar-refractivity contribution in [1.29, 1.82) is 0 Å². The SMILES string of the molecule is COCCNCCCc1nnc(CCOCC(F)F)s1. The monoisotopic (exact) mass is 309 g/mol. The number of nitrogens with zero attached hydrogens (tertiary/aromatic N) is 2. The van der Waals surface area contributed by atoms with Gasteiger partial charge in [-0.3, -0.25) is 0 Å². The number of aryl methyl sites for hydroxylation is 1. The first-order valence-corrected chi connectivity index (χ1v) is 7.41. The average Bonchev–Trinajstić information content (AvgIpc) is 2.86. The van der Waals surface area contributed by atoms with Crippen molar-refractivity contribution < 1.29 is 18.3 Å². The molecule has 8 heteroatoms. The molecule has 0 atom stereocenters. The highest BCUT2D eigenvalue weighted by molar-refractivity contribution is 7.11. The Labute approximate surface area is 121 Å². The molecule has 0 unspecified atom stereocenters. The van der Waals surface area contributed by atoms with Crippen molar-refractivity contribution in [1.82, 2.24) is 15.5 Å². The third kappa shape index (κ3) is 8.47. The summed E-state index contributed by atoms with van der Waals surface area (Å²) in [4.78, 5) is 0. The third-order valence-electron chi connectivity index (χ3n) is 2.44. The minimum absolute atomic E-state index is 0.261. The Bertz CT molecular complexity index is 353. The first kappa shape index (κ1) is 17.4. The average molecular weight is 309 g/mol. The first-order chi connectivity index (χ1) is 9.72. The summed E-state index contributed by atoms with van der Waals surface area (Å²) in [5.41, 5.74) is 0. The van der Waals surface area contributed by atoms with Crippen LogP contribution in [0.5, 0.6) is 0 Å². The van der Waals surface area contributed by atoms with E-state index in [4.69, 9.17) is 9.47 Å². The fraction of sp³-hybridized carbons (Fsp3) is 0.833. The second kappa shape index (κ2) is 11.0. The van der Waals surface area contributed by atoms with E-state index in [-0.39, 0.29) is 6.61 Å². The number of hydrogen-bond acceptors (Lipinski definition) is 6. The molecule has 0 spiro atoms. The quantitative estimate of drug-likeness (QED) is 0.594. The van der Waals surface area contributed by atoms with Crippen molar-refractivity contribution in [2.75, 3.05) is 40.0 Å². The fourth-order valence-electron chi connectivity index (χ4n) is 1.49. The summed E-state index contributed by atoms with van der Waals surface area (Å²) < 4.78 is 33.4. The van der Waals surface area contributed by atoms with Gasteiger partial charge in [0, 0.05) is 26.5 Å². The number of aromatic nitrogens is 2. The van der Waals surface area contributed by atoms with Crippen LogP contribution in [-0.4, -0.2) is 56.6 Å². The summed E-state index contributed by atoms with van der Waals surface area (Å²) in [6.45, 7) is 2.22. The number of hydrogen-bond donors (Lipinski definition) is 1. The summed E-state index contributed by atoms with van der Waals surface area (Å²) >= 11 is 1.52. The zero-order valence-corrected chi connectivity index (χ0v) is 12.4. The molecule has 0 aliphatic rings. The van der Waals surface area contributed by atoms with Crippen LogP contribution in [0, 0.1) is 0 Å². The molecule has 0 aliphatic heterocycles. The van der Waals surface area contributed by atoms with E-state index < -0.39 is 13.0 Å². The maximum Gasteiger partial charge on any atom is 0.261 e. The molecule has 1 rings (SSSR count). The normalized spacial score (nSPS) is 11.4. The predicted octanol–water partition coefficient (Wildman–Crippen LogP) is 1.53. The van der Waals surface area contributed by atoms with Crippen LogP contribution in [0.25, 0.3) is 0 Å². The standard InChI is InChI=1S/C12H21F2N3O2S/c1-18-8-6-15-5-2-3-11-16-17-12(20-11)4-7-19-9-10(13)14/h10,15H,2-9H2,1H3. The Morgan fingerprint density at radius 3 is 2.60 bits per heavy atom. The van der Waals surface area contributed by atoms with E-state index in [1.54, 1.807) is 7.11 Å². The zero-order valence-electron chi connectivity index (χ0n) is 11.6. The largest absolute Gasteiger partial charge is 0.383 e. The first-order valence-electron chi connectivity index (χ1n) is 6.59. The number of halogens is 2. The van der Waals surface area contributed by atoms with Gasteiger partial charge in [-0.15, -0.1) is 21.5 Å². The predicted molar refractivity (Wildman–Crippen MR) is 73.5 cm³/mol. The smallest absolute Gasteiger partial charge is 0.261 e. The molecule has 20 heavy (non-hydrogen) atoms. The maximum absolute atomic E-state index is 11.9. The molecule has 1 heterocycles. The highest BCUT2D eigenvalue weighted by Crippen LogP contribution is 2.12. The van der Waals surface area contributed by atoms with Gasteiger partial charge in [-0.1, -0.05) is 0 Å². The van der Waals surface area contributed by atoms with Gasteiger partial charge in [0.1, 0.15) is 16.6 Å². The minimum atomic E-state index is -2.41. The van der Waals surface area contributed by atoms with Gasteiger partial charge in [-0.2, -0.15) is 0 Å². The van der Waals surface area contributed by atoms with E-state index >= 15 is 0 Å². The van der Waals surface area contributed by atoms with Crippen molar-refractivity contribution >= 4 is 11.3 Å². The Hall–Kier alpha value is -0.700. The van der Waals surface area contributed by atoms with E-state index in [0.29, 0.717) is 13.0 Å². The van der Waals surface area contributed by atoms with E-state index in [1.165, 1.54) is 11.3 Å². The van der Waals surface area contributed by atoms with Crippen LogP contribution >= 0.6 is 11.3 Å². The Morgan fingerprint density at radius 1 is 1.15 bits per heavy atom. The Balaban J connectivity index is 2.07. The van der Waals surface area contributed by atoms with E-state index in [0.717, 1.165) is 35.9 Å². The van der Waals surface area contributed by atoms with Crippen molar-refractivity contribution in [3.63, 3.8) is 0 Å². The number of nitrogens with one attached hydrogen (secondary N) is 1. The lowest BCUT2D eigenvalue weighted by Crippen LogP contribution is -2.20. The lowest BCUT2D eigenvalue weighted by molar-refractivity contribution is 0.0186. The molecule has 1 aromatic heterocycles. The minimum Gasteiger partial charge on any atom is -0.383 e. The maximum atomic E-state index is 11.9. The highest BCUT2D eigenvalue weighted by atomic mass is 32.1. The fourth-order valence-corrected chi connectivity index (χ4v) is 2.35. The van der Waals surface area contributed by atoms with Crippen LogP contribution in [0.4, 0.5) is 8.78 Å². The van der Waals surface area contributed by atoms with Gasteiger partial charge < -0.3 is 14.8 Å². The highest BCUT2D eigenvalue weighted by Gasteiger charge is 2.06. The summed E-state index contributed by atoms with van der Waals surface area (Å²) in [7, 11) is 1.68. The Morgan fingerprint density at radius 2 is 1.90 bits per heavy atom. The van der Waals surface area contributed by atoms with Gasteiger partial charge in [0.25, 0.3) is 6.43 Å². The molecule has 116 valence electrons. The molecule has 0 saturated heterocycles. The molecule has 0 aliphatic carbocycles. The van der Waals surface area contributed by atoms with Crippen molar-refractivity contribution in [3.8, 4) is 0 Å².